The first kappa shape index (κ1) is 17.2. The van der Waals surface area contributed by atoms with Gasteiger partial charge in [-0.2, -0.15) is 0 Å². The standard InChI is InChI=1S/C18H18N4O2S2/c1-13-2-4-15(5-3-13)22-17(14-6-9-19-10-7-14)20-21-18(22)25-16-8-11-26(23,24)12-16/h2-7,9-10,16H,8,11-12H2,1H3. The minimum Gasteiger partial charge on any atom is -0.270 e. The molecule has 1 atom stereocenters. The van der Waals surface area contributed by atoms with Crippen molar-refractivity contribution in [2.45, 2.75) is 23.8 Å². The maximum absolute atomic E-state index is 11.8. The van der Waals surface area contributed by atoms with Gasteiger partial charge in [0.1, 0.15) is 0 Å². The lowest BCUT2D eigenvalue weighted by Gasteiger charge is -2.12. The average Bonchev–Trinajstić information content (AvgIpc) is 3.20. The minimum atomic E-state index is -2.93. The number of nitrogens with zero attached hydrogens (tertiary/aromatic N) is 4. The van der Waals surface area contributed by atoms with Crippen LogP contribution in [0, 0.1) is 6.92 Å². The summed E-state index contributed by atoms with van der Waals surface area (Å²) in [6.45, 7) is 2.04. The molecule has 3 heterocycles. The Morgan fingerprint density at radius 1 is 1.08 bits per heavy atom. The second kappa shape index (κ2) is 6.85. The van der Waals surface area contributed by atoms with Gasteiger partial charge in [-0.3, -0.25) is 9.55 Å². The Hall–Kier alpha value is -2.19. The lowest BCUT2D eigenvalue weighted by atomic mass is 10.2. The fourth-order valence-corrected chi connectivity index (χ4v) is 6.47. The van der Waals surface area contributed by atoms with Gasteiger partial charge in [-0.1, -0.05) is 29.5 Å². The Labute approximate surface area is 156 Å². The molecule has 4 rings (SSSR count). The van der Waals surface area contributed by atoms with Crippen molar-refractivity contribution < 1.29 is 8.42 Å². The van der Waals surface area contributed by atoms with Crippen molar-refractivity contribution in [3.8, 4) is 17.1 Å². The van der Waals surface area contributed by atoms with Gasteiger partial charge in [-0.25, -0.2) is 8.42 Å². The van der Waals surface area contributed by atoms with Gasteiger partial charge in [0, 0.05) is 28.9 Å². The van der Waals surface area contributed by atoms with Crippen molar-refractivity contribution >= 4 is 21.6 Å². The molecule has 134 valence electrons. The van der Waals surface area contributed by atoms with Crippen LogP contribution in [0.5, 0.6) is 0 Å². The Morgan fingerprint density at radius 2 is 1.81 bits per heavy atom. The third-order valence-electron chi connectivity index (χ3n) is 4.33. The molecule has 1 fully saturated rings. The number of benzene rings is 1. The van der Waals surface area contributed by atoms with Crippen molar-refractivity contribution in [2.24, 2.45) is 0 Å². The highest BCUT2D eigenvalue weighted by molar-refractivity contribution is 8.01. The summed E-state index contributed by atoms with van der Waals surface area (Å²) in [6, 6.07) is 11.9. The third-order valence-corrected chi connectivity index (χ3v) is 7.52. The molecule has 0 spiro atoms. The lowest BCUT2D eigenvalue weighted by molar-refractivity contribution is 0.602. The first-order valence-corrected chi connectivity index (χ1v) is 11.0. The molecular formula is C18H18N4O2S2. The van der Waals surface area contributed by atoms with E-state index >= 15 is 0 Å². The highest BCUT2D eigenvalue weighted by Crippen LogP contribution is 2.34. The van der Waals surface area contributed by atoms with E-state index < -0.39 is 9.84 Å². The summed E-state index contributed by atoms with van der Waals surface area (Å²) in [5, 5.41) is 9.47. The quantitative estimate of drug-likeness (QED) is 0.686. The van der Waals surface area contributed by atoms with E-state index in [2.05, 4.69) is 15.2 Å². The summed E-state index contributed by atoms with van der Waals surface area (Å²) < 4.78 is 25.6. The molecule has 0 saturated carbocycles. The maximum atomic E-state index is 11.8. The van der Waals surface area contributed by atoms with E-state index in [9.17, 15) is 8.42 Å². The third kappa shape index (κ3) is 3.52. The summed E-state index contributed by atoms with van der Waals surface area (Å²) in [5.74, 6) is 1.17. The highest BCUT2D eigenvalue weighted by atomic mass is 32.2. The summed E-state index contributed by atoms with van der Waals surface area (Å²) >= 11 is 1.49. The van der Waals surface area contributed by atoms with Gasteiger partial charge < -0.3 is 0 Å². The number of rotatable bonds is 4. The molecule has 0 radical (unpaired) electrons. The van der Waals surface area contributed by atoms with Gasteiger partial charge >= 0.3 is 0 Å². The summed E-state index contributed by atoms with van der Waals surface area (Å²) in [5.41, 5.74) is 3.04. The van der Waals surface area contributed by atoms with Gasteiger partial charge in [0.25, 0.3) is 0 Å². The second-order valence-corrected chi connectivity index (χ2v) is 9.85. The molecule has 1 aromatic carbocycles. The van der Waals surface area contributed by atoms with Crippen molar-refractivity contribution in [2.75, 3.05) is 11.5 Å². The fraction of sp³-hybridized carbons (Fsp3) is 0.278. The molecule has 3 aromatic rings. The minimum absolute atomic E-state index is 0.0127. The number of aromatic nitrogens is 4. The Balaban J connectivity index is 1.77. The van der Waals surface area contributed by atoms with E-state index in [0.29, 0.717) is 11.6 Å². The van der Waals surface area contributed by atoms with Crippen LogP contribution in [-0.4, -0.2) is 44.9 Å². The number of aryl methyl sites for hydroxylation is 1. The molecule has 26 heavy (non-hydrogen) atoms. The molecule has 1 aliphatic rings. The summed E-state index contributed by atoms with van der Waals surface area (Å²) in [7, 11) is -2.93. The van der Waals surface area contributed by atoms with E-state index in [0.717, 1.165) is 17.1 Å². The Bertz CT molecular complexity index is 1020. The van der Waals surface area contributed by atoms with Gasteiger partial charge in [0.15, 0.2) is 20.8 Å². The number of hydrogen-bond donors (Lipinski definition) is 0. The molecule has 0 N–H and O–H groups in total. The largest absolute Gasteiger partial charge is 0.270 e. The van der Waals surface area contributed by atoms with E-state index in [1.807, 2.05) is 47.9 Å². The number of sulfone groups is 1. The first-order valence-electron chi connectivity index (χ1n) is 8.32. The fourth-order valence-electron chi connectivity index (χ4n) is 2.96. The van der Waals surface area contributed by atoms with Gasteiger partial charge in [-0.15, -0.1) is 10.2 Å². The molecule has 8 heteroatoms. The predicted molar refractivity (Wildman–Crippen MR) is 102 cm³/mol. The summed E-state index contributed by atoms with van der Waals surface area (Å²) in [4.78, 5) is 4.06. The number of hydrogen-bond acceptors (Lipinski definition) is 6. The Morgan fingerprint density at radius 3 is 2.46 bits per heavy atom. The molecule has 0 amide bonds. The van der Waals surface area contributed by atoms with E-state index in [1.54, 1.807) is 12.4 Å². The Kier molecular flexibility index (Phi) is 4.54. The predicted octanol–water partition coefficient (Wildman–Crippen LogP) is 2.92. The van der Waals surface area contributed by atoms with Crippen LogP contribution in [-0.2, 0) is 9.84 Å². The number of thioether (sulfide) groups is 1. The normalized spacial score (nSPS) is 18.9. The van der Waals surface area contributed by atoms with E-state index in [-0.39, 0.29) is 16.8 Å². The molecule has 0 bridgehead atoms. The van der Waals surface area contributed by atoms with E-state index in [4.69, 9.17) is 0 Å². The van der Waals surface area contributed by atoms with Crippen LogP contribution in [0.4, 0.5) is 0 Å². The highest BCUT2D eigenvalue weighted by Gasteiger charge is 2.30. The topological polar surface area (TPSA) is 77.7 Å². The van der Waals surface area contributed by atoms with Crippen LogP contribution in [0.2, 0.25) is 0 Å². The van der Waals surface area contributed by atoms with Crippen LogP contribution in [0.1, 0.15) is 12.0 Å². The maximum Gasteiger partial charge on any atom is 0.196 e. The van der Waals surface area contributed by atoms with Crippen molar-refractivity contribution in [3.63, 3.8) is 0 Å². The van der Waals surface area contributed by atoms with Crippen molar-refractivity contribution in [1.82, 2.24) is 19.7 Å². The van der Waals surface area contributed by atoms with Crippen LogP contribution < -0.4 is 0 Å². The molecule has 0 aliphatic carbocycles. The smallest absolute Gasteiger partial charge is 0.196 e. The SMILES string of the molecule is Cc1ccc(-n2c(SC3CCS(=O)(=O)C3)nnc2-c2ccncc2)cc1. The molecule has 2 aromatic heterocycles. The van der Waals surface area contributed by atoms with E-state index in [1.165, 1.54) is 17.3 Å². The number of pyridine rings is 1. The monoisotopic (exact) mass is 386 g/mol. The molecule has 6 nitrogen and oxygen atoms in total. The molecule has 1 aliphatic heterocycles. The lowest BCUT2D eigenvalue weighted by Crippen LogP contribution is -2.08. The molecular weight excluding hydrogens is 368 g/mol. The average molecular weight is 387 g/mol. The summed E-state index contributed by atoms with van der Waals surface area (Å²) in [6.07, 6.45) is 4.10. The van der Waals surface area contributed by atoms with Crippen LogP contribution >= 0.6 is 11.8 Å². The first-order chi connectivity index (χ1) is 12.5. The zero-order chi connectivity index (χ0) is 18.1. The molecule has 1 unspecified atom stereocenters. The van der Waals surface area contributed by atoms with Crippen LogP contribution in [0.15, 0.2) is 53.9 Å². The zero-order valence-electron chi connectivity index (χ0n) is 14.2. The van der Waals surface area contributed by atoms with Crippen molar-refractivity contribution in [3.05, 3.63) is 54.4 Å². The van der Waals surface area contributed by atoms with Crippen LogP contribution in [0.25, 0.3) is 17.1 Å². The van der Waals surface area contributed by atoms with Gasteiger partial charge in [0.05, 0.1) is 11.5 Å². The second-order valence-electron chi connectivity index (χ2n) is 6.36. The zero-order valence-corrected chi connectivity index (χ0v) is 15.9. The van der Waals surface area contributed by atoms with Crippen molar-refractivity contribution in [1.29, 1.82) is 0 Å². The van der Waals surface area contributed by atoms with Crippen LogP contribution in [0.3, 0.4) is 0 Å². The van der Waals surface area contributed by atoms with Gasteiger partial charge in [-0.05, 0) is 37.6 Å². The van der Waals surface area contributed by atoms with Gasteiger partial charge in [0.2, 0.25) is 0 Å². The molecule has 1 saturated heterocycles.